The zero-order valence-corrected chi connectivity index (χ0v) is 15.8. The Labute approximate surface area is 157 Å². The normalized spacial score (nSPS) is 18.1. The van der Waals surface area contributed by atoms with E-state index in [0.717, 1.165) is 17.5 Å². The largest absolute Gasteiger partial charge is 0.460 e. The van der Waals surface area contributed by atoms with Crippen molar-refractivity contribution in [1.82, 2.24) is 0 Å². The first kappa shape index (κ1) is 18.7. The third-order valence-electron chi connectivity index (χ3n) is 4.21. The molecule has 2 N–H and O–H groups in total. The van der Waals surface area contributed by atoms with Crippen molar-refractivity contribution in [2.24, 2.45) is 10.7 Å². The Morgan fingerprint density at radius 2 is 2.12 bits per heavy atom. The average Bonchev–Trinajstić information content (AvgIpc) is 2.66. The summed E-state index contributed by atoms with van der Waals surface area (Å²) in [6.07, 6.45) is 0.430. The van der Waals surface area contributed by atoms with Gasteiger partial charge in [0.15, 0.2) is 5.17 Å². The smallest absolute Gasteiger partial charge is 0.227 e. The summed E-state index contributed by atoms with van der Waals surface area (Å²) in [6, 6.07) is 12.8. The second-order valence-corrected chi connectivity index (χ2v) is 7.23. The Bertz CT molecular complexity index is 783. The fourth-order valence-electron chi connectivity index (χ4n) is 2.66. The van der Waals surface area contributed by atoms with Crippen LogP contribution in [0.25, 0.3) is 0 Å². The van der Waals surface area contributed by atoms with Crippen molar-refractivity contribution in [1.29, 1.82) is 0 Å². The lowest BCUT2D eigenvalue weighted by Gasteiger charge is -2.28. The minimum Gasteiger partial charge on any atom is -0.460 e. The highest BCUT2D eigenvalue weighted by molar-refractivity contribution is 8.13. The molecule has 0 saturated heterocycles. The van der Waals surface area contributed by atoms with E-state index in [9.17, 15) is 4.39 Å². The zero-order valence-electron chi connectivity index (χ0n) is 14.9. The van der Waals surface area contributed by atoms with Gasteiger partial charge in [0.05, 0.1) is 6.61 Å². The Morgan fingerprint density at radius 3 is 2.85 bits per heavy atom. The number of hydrogen-bond donors (Lipinski definition) is 1. The van der Waals surface area contributed by atoms with Crippen LogP contribution in [0.3, 0.4) is 0 Å². The number of nitrogens with zero attached hydrogens (tertiary/aromatic N) is 1. The van der Waals surface area contributed by atoms with E-state index in [0.29, 0.717) is 28.8 Å². The highest BCUT2D eigenvalue weighted by Gasteiger charge is 2.25. The standard InChI is InChI=1S/C20H23FN2O2S/c1-3-13(2)23-20(22)26-12-16-10-17(21)9-15-11-24-19(25-18(15)16)14-7-5-4-6-8-14/h4-10,13,19H,3,11-12H2,1-2H3,(H2,22,23)/t13-,19+/m1/s1. The number of rotatable bonds is 5. The van der Waals surface area contributed by atoms with Crippen LogP contribution in [0.5, 0.6) is 5.75 Å². The average molecular weight is 374 g/mol. The van der Waals surface area contributed by atoms with Crippen LogP contribution in [0.1, 0.15) is 43.2 Å². The molecule has 26 heavy (non-hydrogen) atoms. The molecule has 1 aliphatic rings. The van der Waals surface area contributed by atoms with Gasteiger partial charge in [0, 0.05) is 28.5 Å². The number of aliphatic imine (C=N–C) groups is 1. The number of nitrogens with two attached hydrogens (primary N) is 1. The first-order chi connectivity index (χ1) is 12.6. The first-order valence-corrected chi connectivity index (χ1v) is 9.66. The quantitative estimate of drug-likeness (QED) is 0.604. The maximum Gasteiger partial charge on any atom is 0.227 e. The third kappa shape index (κ3) is 4.56. The van der Waals surface area contributed by atoms with E-state index < -0.39 is 6.29 Å². The second kappa shape index (κ2) is 8.56. The molecule has 2 atom stereocenters. The molecule has 0 saturated carbocycles. The van der Waals surface area contributed by atoms with Crippen LogP contribution in [-0.2, 0) is 17.1 Å². The molecule has 0 radical (unpaired) electrons. The van der Waals surface area contributed by atoms with Gasteiger partial charge in [-0.1, -0.05) is 49.0 Å². The summed E-state index contributed by atoms with van der Waals surface area (Å²) in [5.41, 5.74) is 8.39. The number of benzene rings is 2. The van der Waals surface area contributed by atoms with Gasteiger partial charge in [-0.25, -0.2) is 4.39 Å². The molecule has 0 spiro atoms. The minimum absolute atomic E-state index is 0.177. The van der Waals surface area contributed by atoms with Gasteiger partial charge in [0.1, 0.15) is 11.6 Å². The van der Waals surface area contributed by atoms with Gasteiger partial charge in [0.2, 0.25) is 6.29 Å². The molecule has 2 aromatic rings. The van der Waals surface area contributed by atoms with Crippen molar-refractivity contribution in [2.45, 2.75) is 45.0 Å². The molecule has 0 bridgehead atoms. The molecule has 1 aliphatic heterocycles. The highest BCUT2D eigenvalue weighted by atomic mass is 32.2. The summed E-state index contributed by atoms with van der Waals surface area (Å²) in [4.78, 5) is 4.41. The van der Waals surface area contributed by atoms with E-state index in [1.165, 1.54) is 23.9 Å². The Balaban J connectivity index is 1.80. The molecule has 0 unspecified atom stereocenters. The monoisotopic (exact) mass is 374 g/mol. The molecule has 4 nitrogen and oxygen atoms in total. The van der Waals surface area contributed by atoms with E-state index in [2.05, 4.69) is 11.9 Å². The first-order valence-electron chi connectivity index (χ1n) is 8.67. The molecule has 2 aromatic carbocycles. The molecule has 0 aromatic heterocycles. The second-order valence-electron chi connectivity index (χ2n) is 6.24. The van der Waals surface area contributed by atoms with E-state index in [-0.39, 0.29) is 11.9 Å². The summed E-state index contributed by atoms with van der Waals surface area (Å²) in [6.45, 7) is 4.38. The van der Waals surface area contributed by atoms with Crippen LogP contribution in [-0.4, -0.2) is 11.2 Å². The summed E-state index contributed by atoms with van der Waals surface area (Å²) >= 11 is 1.39. The molecule has 138 valence electrons. The summed E-state index contributed by atoms with van der Waals surface area (Å²) in [5, 5.41) is 0.504. The maximum absolute atomic E-state index is 14.0. The van der Waals surface area contributed by atoms with Crippen molar-refractivity contribution in [2.75, 3.05) is 0 Å². The van der Waals surface area contributed by atoms with Crippen LogP contribution in [0.15, 0.2) is 47.5 Å². The molecular formula is C20H23FN2O2S. The molecule has 1 heterocycles. The van der Waals surface area contributed by atoms with Crippen molar-refractivity contribution in [3.05, 3.63) is 65.0 Å². The predicted octanol–water partition coefficient (Wildman–Crippen LogP) is 4.78. The minimum atomic E-state index is -0.496. The Hall–Kier alpha value is -2.05. The van der Waals surface area contributed by atoms with Crippen molar-refractivity contribution < 1.29 is 13.9 Å². The number of ether oxygens (including phenoxy) is 2. The third-order valence-corrected chi connectivity index (χ3v) is 5.06. The Kier molecular flexibility index (Phi) is 6.16. The fraction of sp³-hybridized carbons (Fsp3) is 0.350. The Morgan fingerprint density at radius 1 is 1.35 bits per heavy atom. The number of amidine groups is 1. The van der Waals surface area contributed by atoms with Gasteiger partial charge in [-0.05, 0) is 25.5 Å². The van der Waals surface area contributed by atoms with E-state index in [1.54, 1.807) is 0 Å². The van der Waals surface area contributed by atoms with Gasteiger partial charge < -0.3 is 15.2 Å². The van der Waals surface area contributed by atoms with Crippen LogP contribution in [0.4, 0.5) is 4.39 Å². The van der Waals surface area contributed by atoms with Crippen LogP contribution in [0.2, 0.25) is 0 Å². The van der Waals surface area contributed by atoms with Crippen LogP contribution in [0, 0.1) is 5.82 Å². The molecule has 0 amide bonds. The summed E-state index contributed by atoms with van der Waals surface area (Å²) in [7, 11) is 0. The van der Waals surface area contributed by atoms with Crippen molar-refractivity contribution in [3.8, 4) is 5.75 Å². The number of halogens is 1. The molecule has 0 aliphatic carbocycles. The maximum atomic E-state index is 14.0. The van der Waals surface area contributed by atoms with Gasteiger partial charge in [0.25, 0.3) is 0 Å². The molecule has 6 heteroatoms. The zero-order chi connectivity index (χ0) is 18.5. The summed E-state index contributed by atoms with van der Waals surface area (Å²) in [5.74, 6) is 0.866. The SMILES string of the molecule is CC[C@@H](C)N=C(N)SCc1cc(F)cc2c1O[C@@H](c1ccccc1)OC2. The number of thioether (sulfide) groups is 1. The molecule has 3 rings (SSSR count). The topological polar surface area (TPSA) is 56.8 Å². The van der Waals surface area contributed by atoms with Crippen LogP contribution >= 0.6 is 11.8 Å². The van der Waals surface area contributed by atoms with Crippen LogP contribution < -0.4 is 10.5 Å². The van der Waals surface area contributed by atoms with Crippen molar-refractivity contribution in [3.63, 3.8) is 0 Å². The van der Waals surface area contributed by atoms with Gasteiger partial charge in [-0.3, -0.25) is 4.99 Å². The van der Waals surface area contributed by atoms with Gasteiger partial charge in [-0.15, -0.1) is 0 Å². The fourth-order valence-corrected chi connectivity index (χ4v) is 3.43. The van der Waals surface area contributed by atoms with Gasteiger partial charge >= 0.3 is 0 Å². The number of hydrogen-bond acceptors (Lipinski definition) is 4. The predicted molar refractivity (Wildman–Crippen MR) is 104 cm³/mol. The van der Waals surface area contributed by atoms with E-state index in [1.807, 2.05) is 37.3 Å². The lowest BCUT2D eigenvalue weighted by Crippen LogP contribution is -2.19. The van der Waals surface area contributed by atoms with Crippen molar-refractivity contribution >= 4 is 16.9 Å². The lowest BCUT2D eigenvalue weighted by atomic mass is 10.1. The molecular weight excluding hydrogens is 351 g/mol. The van der Waals surface area contributed by atoms with E-state index >= 15 is 0 Å². The molecule has 0 fully saturated rings. The van der Waals surface area contributed by atoms with E-state index in [4.69, 9.17) is 15.2 Å². The summed E-state index contributed by atoms with van der Waals surface area (Å²) < 4.78 is 25.8. The number of fused-ring (bicyclic) bond motifs is 1. The highest BCUT2D eigenvalue weighted by Crippen LogP contribution is 2.37. The lowest BCUT2D eigenvalue weighted by molar-refractivity contribution is -0.112. The van der Waals surface area contributed by atoms with Gasteiger partial charge in [-0.2, -0.15) is 0 Å².